The summed E-state index contributed by atoms with van der Waals surface area (Å²) in [6.07, 6.45) is 0.456. The molecule has 0 fully saturated rings. The third kappa shape index (κ3) is 7.40. The molecule has 0 aliphatic heterocycles. The lowest BCUT2D eigenvalue weighted by molar-refractivity contribution is -0.138. The van der Waals surface area contributed by atoms with E-state index in [1.54, 1.807) is 0 Å². The van der Waals surface area contributed by atoms with Crippen LogP contribution in [0, 0.1) is 0 Å². The molecule has 0 unspecified atom stereocenters. The highest BCUT2D eigenvalue weighted by molar-refractivity contribution is 5.88. The molecule has 7 heteroatoms. The molecule has 0 heterocycles. The van der Waals surface area contributed by atoms with Gasteiger partial charge in [-0.05, 0) is 13.8 Å². The van der Waals surface area contributed by atoms with E-state index >= 15 is 0 Å². The highest BCUT2D eigenvalue weighted by atomic mass is 16.5. The molecule has 7 nitrogen and oxygen atoms in total. The molecule has 2 N–H and O–H groups in total. The molecule has 0 aromatic carbocycles. The average Bonchev–Trinajstić information content (AvgIpc) is 2.51. The molecular formula is C16H26O7. The first-order chi connectivity index (χ1) is 10.8. The molecule has 132 valence electrons. The van der Waals surface area contributed by atoms with Gasteiger partial charge in [0.25, 0.3) is 0 Å². The molecule has 0 bridgehead atoms. The topological polar surface area (TPSA) is 102 Å². The molecule has 0 saturated heterocycles. The Bertz CT molecular complexity index is 418. The van der Waals surface area contributed by atoms with E-state index in [0.717, 1.165) is 0 Å². The van der Waals surface area contributed by atoms with E-state index in [-0.39, 0.29) is 43.8 Å². The van der Waals surface area contributed by atoms with Crippen molar-refractivity contribution in [2.75, 3.05) is 33.0 Å². The second-order valence-electron chi connectivity index (χ2n) is 4.87. The zero-order valence-corrected chi connectivity index (χ0v) is 13.8. The van der Waals surface area contributed by atoms with Crippen molar-refractivity contribution < 1.29 is 34.0 Å². The van der Waals surface area contributed by atoms with E-state index in [9.17, 15) is 14.7 Å². The first-order valence-electron chi connectivity index (χ1n) is 7.43. The van der Waals surface area contributed by atoms with Crippen LogP contribution >= 0.6 is 0 Å². The third-order valence-corrected chi connectivity index (χ3v) is 3.34. The van der Waals surface area contributed by atoms with Crippen molar-refractivity contribution in [1.29, 1.82) is 0 Å². The van der Waals surface area contributed by atoms with E-state index in [0.29, 0.717) is 13.2 Å². The minimum Gasteiger partial charge on any atom is -0.478 e. The van der Waals surface area contributed by atoms with Crippen LogP contribution in [0.1, 0.15) is 26.7 Å². The van der Waals surface area contributed by atoms with Crippen LogP contribution in [0.3, 0.4) is 0 Å². The van der Waals surface area contributed by atoms with Crippen molar-refractivity contribution in [2.45, 2.75) is 32.3 Å². The second-order valence-corrected chi connectivity index (χ2v) is 4.87. The van der Waals surface area contributed by atoms with Gasteiger partial charge < -0.3 is 24.4 Å². The average molecular weight is 330 g/mol. The van der Waals surface area contributed by atoms with Crippen LogP contribution in [0.25, 0.3) is 0 Å². The molecule has 0 aliphatic carbocycles. The van der Waals surface area contributed by atoms with E-state index in [4.69, 9.17) is 19.3 Å². The first-order valence-corrected chi connectivity index (χ1v) is 7.43. The number of aliphatic carboxylic acids is 2. The highest BCUT2D eigenvalue weighted by Gasteiger charge is 2.38. The lowest BCUT2D eigenvalue weighted by atomic mass is 9.87. The predicted octanol–water partition coefficient (Wildman–Crippen LogP) is 1.88. The number of ether oxygens (including phenoxy) is 3. The lowest BCUT2D eigenvalue weighted by Gasteiger charge is -2.34. The van der Waals surface area contributed by atoms with Gasteiger partial charge in [0.2, 0.25) is 0 Å². The molecular weight excluding hydrogens is 304 g/mol. The Kier molecular flexibility index (Phi) is 10.1. The highest BCUT2D eigenvalue weighted by Crippen LogP contribution is 2.30. The third-order valence-electron chi connectivity index (χ3n) is 3.34. The Morgan fingerprint density at radius 3 is 1.78 bits per heavy atom. The zero-order valence-electron chi connectivity index (χ0n) is 13.8. The smallest absolute Gasteiger partial charge is 0.333 e. The SMILES string of the molecule is C=C(COC(CCOCC)(CCOCC)C(=C)C(=O)O)C(=O)O. The Morgan fingerprint density at radius 2 is 1.43 bits per heavy atom. The van der Waals surface area contributed by atoms with Gasteiger partial charge in [-0.2, -0.15) is 0 Å². The van der Waals surface area contributed by atoms with Crippen molar-refractivity contribution in [3.8, 4) is 0 Å². The molecule has 0 spiro atoms. The molecule has 0 amide bonds. The quantitative estimate of drug-likeness (QED) is 0.370. The predicted molar refractivity (Wildman–Crippen MR) is 84.5 cm³/mol. The molecule has 0 radical (unpaired) electrons. The Morgan fingerprint density at radius 1 is 0.957 bits per heavy atom. The summed E-state index contributed by atoms with van der Waals surface area (Å²) in [5, 5.41) is 18.2. The van der Waals surface area contributed by atoms with Crippen molar-refractivity contribution in [1.82, 2.24) is 0 Å². The molecule has 0 aliphatic rings. The molecule has 0 saturated carbocycles. The molecule has 0 rings (SSSR count). The van der Waals surface area contributed by atoms with Gasteiger partial charge in [-0.15, -0.1) is 0 Å². The van der Waals surface area contributed by atoms with E-state index in [2.05, 4.69) is 13.2 Å². The molecule has 0 aromatic heterocycles. The summed E-state index contributed by atoms with van der Waals surface area (Å²) in [6, 6.07) is 0. The van der Waals surface area contributed by atoms with Crippen molar-refractivity contribution >= 4 is 11.9 Å². The second kappa shape index (κ2) is 10.9. The fourth-order valence-electron chi connectivity index (χ4n) is 1.90. The van der Waals surface area contributed by atoms with Crippen molar-refractivity contribution in [3.05, 3.63) is 24.3 Å². The zero-order chi connectivity index (χ0) is 17.9. The number of hydrogen-bond acceptors (Lipinski definition) is 5. The van der Waals surface area contributed by atoms with E-state index in [1.807, 2.05) is 13.8 Å². The lowest BCUT2D eigenvalue weighted by Crippen LogP contribution is -2.41. The number of carboxylic acids is 2. The summed E-state index contributed by atoms with van der Waals surface area (Å²) < 4.78 is 16.2. The van der Waals surface area contributed by atoms with Gasteiger partial charge in [0.1, 0.15) is 5.60 Å². The van der Waals surface area contributed by atoms with Gasteiger partial charge in [0, 0.05) is 39.3 Å². The summed E-state index contributed by atoms with van der Waals surface area (Å²) in [5.41, 5.74) is -1.59. The monoisotopic (exact) mass is 330 g/mol. The summed E-state index contributed by atoms with van der Waals surface area (Å²) in [4.78, 5) is 22.3. The summed E-state index contributed by atoms with van der Waals surface area (Å²) in [5.74, 6) is -2.41. The standard InChI is InChI=1S/C16H26O7/c1-5-21-9-7-16(8-10-22-6-2,13(4)15(19)20)23-11-12(3)14(17)18/h3-11H2,1-2H3,(H,17,18)(H,19,20). The summed E-state index contributed by atoms with van der Waals surface area (Å²) in [6.45, 7) is 11.8. The van der Waals surface area contributed by atoms with Gasteiger partial charge >= 0.3 is 11.9 Å². The number of hydrogen-bond donors (Lipinski definition) is 2. The maximum atomic E-state index is 11.4. The van der Waals surface area contributed by atoms with E-state index in [1.165, 1.54) is 0 Å². The van der Waals surface area contributed by atoms with Crippen LogP contribution in [0.5, 0.6) is 0 Å². The van der Waals surface area contributed by atoms with Crippen LogP contribution in [-0.2, 0) is 23.8 Å². The first kappa shape index (κ1) is 21.3. The van der Waals surface area contributed by atoms with Gasteiger partial charge in [-0.25, -0.2) is 9.59 Å². The fourth-order valence-corrected chi connectivity index (χ4v) is 1.90. The maximum Gasteiger partial charge on any atom is 0.333 e. The number of rotatable bonds is 14. The van der Waals surface area contributed by atoms with Crippen LogP contribution in [-0.4, -0.2) is 60.8 Å². The number of carboxylic acid groups (broad SMARTS) is 2. The maximum absolute atomic E-state index is 11.4. The van der Waals surface area contributed by atoms with Crippen molar-refractivity contribution in [3.63, 3.8) is 0 Å². The minimum atomic E-state index is -1.27. The fraction of sp³-hybridized carbons (Fsp3) is 0.625. The Hall–Kier alpha value is -1.70. The van der Waals surface area contributed by atoms with Crippen LogP contribution in [0.4, 0.5) is 0 Å². The van der Waals surface area contributed by atoms with Gasteiger partial charge in [0.05, 0.1) is 17.8 Å². The molecule has 23 heavy (non-hydrogen) atoms. The van der Waals surface area contributed by atoms with Crippen molar-refractivity contribution in [2.24, 2.45) is 0 Å². The van der Waals surface area contributed by atoms with Crippen LogP contribution in [0.15, 0.2) is 24.3 Å². The van der Waals surface area contributed by atoms with Gasteiger partial charge in [-0.1, -0.05) is 13.2 Å². The van der Waals surface area contributed by atoms with Gasteiger partial charge in [0.15, 0.2) is 0 Å². The van der Waals surface area contributed by atoms with Gasteiger partial charge in [-0.3, -0.25) is 0 Å². The van der Waals surface area contributed by atoms with E-state index < -0.39 is 17.5 Å². The van der Waals surface area contributed by atoms with Crippen LogP contribution in [0.2, 0.25) is 0 Å². The minimum absolute atomic E-state index is 0.157. The molecule has 0 atom stereocenters. The largest absolute Gasteiger partial charge is 0.478 e. The Balaban J connectivity index is 5.25. The summed E-state index contributed by atoms with van der Waals surface area (Å²) in [7, 11) is 0. The number of carbonyl (C=O) groups is 2. The van der Waals surface area contributed by atoms with Crippen LogP contribution < -0.4 is 0 Å². The summed E-state index contributed by atoms with van der Waals surface area (Å²) >= 11 is 0. The normalized spacial score (nSPS) is 11.2. The molecule has 0 aromatic rings. The Labute approximate surface area is 136 Å².